The summed E-state index contributed by atoms with van der Waals surface area (Å²) in [5.74, 6) is -1.15. The second kappa shape index (κ2) is 7.79. The fraction of sp³-hybridized carbons (Fsp3) is 0.429. The van der Waals surface area contributed by atoms with Crippen molar-refractivity contribution in [3.8, 4) is 0 Å². The maximum absolute atomic E-state index is 11.9. The van der Waals surface area contributed by atoms with Crippen molar-refractivity contribution in [1.29, 1.82) is 0 Å². The molecule has 0 bridgehead atoms. The fourth-order valence-corrected chi connectivity index (χ4v) is 2.15. The minimum atomic E-state index is -1.02. The molecule has 0 heterocycles. The van der Waals surface area contributed by atoms with Crippen molar-refractivity contribution in [2.45, 2.75) is 31.2 Å². The SMILES string of the molecule is CC[C@H](C)[C@H](NC(=O)Nc1cccc(SC)c1)C(=O)O. The van der Waals surface area contributed by atoms with Crippen molar-refractivity contribution >= 4 is 29.4 Å². The fourth-order valence-electron chi connectivity index (χ4n) is 1.69. The van der Waals surface area contributed by atoms with Gasteiger partial charge in [-0.2, -0.15) is 0 Å². The first-order valence-electron chi connectivity index (χ1n) is 6.42. The number of urea groups is 1. The Bertz CT molecular complexity index is 479. The number of aliphatic carboxylic acids is 1. The largest absolute Gasteiger partial charge is 0.480 e. The summed E-state index contributed by atoms with van der Waals surface area (Å²) in [4.78, 5) is 24.0. The predicted octanol–water partition coefficient (Wildman–Crippen LogP) is 3.03. The lowest BCUT2D eigenvalue weighted by atomic mass is 9.99. The summed E-state index contributed by atoms with van der Waals surface area (Å²) in [6.07, 6.45) is 2.63. The molecule has 110 valence electrons. The zero-order valence-electron chi connectivity index (χ0n) is 11.8. The molecule has 0 unspecified atom stereocenters. The third-order valence-corrected chi connectivity index (χ3v) is 3.82. The van der Waals surface area contributed by atoms with Gasteiger partial charge in [0.25, 0.3) is 0 Å². The molecule has 2 amide bonds. The molecule has 1 aromatic rings. The Morgan fingerprint density at radius 1 is 1.40 bits per heavy atom. The second-order valence-electron chi connectivity index (χ2n) is 4.53. The Labute approximate surface area is 123 Å². The maximum atomic E-state index is 11.9. The number of carboxylic acid groups (broad SMARTS) is 1. The highest BCUT2D eigenvalue weighted by molar-refractivity contribution is 7.98. The van der Waals surface area contributed by atoms with Gasteiger partial charge in [0.1, 0.15) is 6.04 Å². The lowest BCUT2D eigenvalue weighted by molar-refractivity contribution is -0.140. The van der Waals surface area contributed by atoms with Crippen LogP contribution < -0.4 is 10.6 Å². The first-order chi connectivity index (χ1) is 9.47. The van der Waals surface area contributed by atoms with Gasteiger partial charge < -0.3 is 15.7 Å². The van der Waals surface area contributed by atoms with E-state index < -0.39 is 18.0 Å². The van der Waals surface area contributed by atoms with E-state index in [-0.39, 0.29) is 5.92 Å². The average molecular weight is 296 g/mol. The monoisotopic (exact) mass is 296 g/mol. The number of hydrogen-bond donors (Lipinski definition) is 3. The summed E-state index contributed by atoms with van der Waals surface area (Å²) < 4.78 is 0. The van der Waals surface area contributed by atoms with Crippen LogP contribution in [0.25, 0.3) is 0 Å². The van der Waals surface area contributed by atoms with Crippen LogP contribution in [0.4, 0.5) is 10.5 Å². The van der Waals surface area contributed by atoms with E-state index >= 15 is 0 Å². The van der Waals surface area contributed by atoms with E-state index in [1.54, 1.807) is 24.8 Å². The average Bonchev–Trinajstić information content (AvgIpc) is 2.43. The lowest BCUT2D eigenvalue weighted by Gasteiger charge is -2.20. The van der Waals surface area contributed by atoms with E-state index in [0.717, 1.165) is 4.90 Å². The highest BCUT2D eigenvalue weighted by Crippen LogP contribution is 2.19. The predicted molar refractivity (Wildman–Crippen MR) is 81.3 cm³/mol. The number of rotatable bonds is 6. The number of carboxylic acids is 1. The number of hydrogen-bond acceptors (Lipinski definition) is 3. The van der Waals surface area contributed by atoms with Crippen molar-refractivity contribution in [2.75, 3.05) is 11.6 Å². The molecule has 0 fully saturated rings. The van der Waals surface area contributed by atoms with Gasteiger partial charge in [-0.1, -0.05) is 26.3 Å². The number of carbonyl (C=O) groups excluding carboxylic acids is 1. The van der Waals surface area contributed by atoms with Gasteiger partial charge in [-0.05, 0) is 30.4 Å². The molecular formula is C14H20N2O3S. The van der Waals surface area contributed by atoms with Gasteiger partial charge in [-0.15, -0.1) is 11.8 Å². The Kier molecular flexibility index (Phi) is 6.38. The summed E-state index contributed by atoms with van der Waals surface area (Å²) in [6, 6.07) is 5.99. The molecule has 20 heavy (non-hydrogen) atoms. The van der Waals surface area contributed by atoms with E-state index in [0.29, 0.717) is 12.1 Å². The molecule has 6 heteroatoms. The normalized spacial score (nSPS) is 13.3. The second-order valence-corrected chi connectivity index (χ2v) is 5.41. The molecule has 3 N–H and O–H groups in total. The van der Waals surface area contributed by atoms with Gasteiger partial charge in [0.05, 0.1) is 0 Å². The number of thioether (sulfide) groups is 1. The van der Waals surface area contributed by atoms with Crippen LogP contribution in [0.2, 0.25) is 0 Å². The van der Waals surface area contributed by atoms with Crippen LogP contribution in [0.1, 0.15) is 20.3 Å². The van der Waals surface area contributed by atoms with Crippen LogP contribution in [0.3, 0.4) is 0 Å². The van der Waals surface area contributed by atoms with Crippen LogP contribution in [-0.4, -0.2) is 29.4 Å². The standard InChI is InChI=1S/C14H20N2O3S/c1-4-9(2)12(13(17)18)16-14(19)15-10-6-5-7-11(8-10)20-3/h5-9,12H,4H2,1-3H3,(H,17,18)(H2,15,16,19)/t9-,12-/m0/s1. The first kappa shape index (κ1) is 16.4. The smallest absolute Gasteiger partial charge is 0.326 e. The van der Waals surface area contributed by atoms with Crippen molar-refractivity contribution in [1.82, 2.24) is 5.32 Å². The van der Waals surface area contributed by atoms with Crippen LogP contribution in [0.5, 0.6) is 0 Å². The van der Waals surface area contributed by atoms with Gasteiger partial charge in [0.2, 0.25) is 0 Å². The Balaban J connectivity index is 2.68. The van der Waals surface area contributed by atoms with Crippen molar-refractivity contribution in [3.63, 3.8) is 0 Å². The summed E-state index contributed by atoms with van der Waals surface area (Å²) in [6.45, 7) is 3.69. The number of carbonyl (C=O) groups is 2. The maximum Gasteiger partial charge on any atom is 0.326 e. The van der Waals surface area contributed by atoms with Gasteiger partial charge in [0, 0.05) is 10.6 Å². The Morgan fingerprint density at radius 3 is 2.65 bits per heavy atom. The molecule has 0 aliphatic carbocycles. The Morgan fingerprint density at radius 2 is 2.10 bits per heavy atom. The van der Waals surface area contributed by atoms with Crippen LogP contribution in [0, 0.1) is 5.92 Å². The topological polar surface area (TPSA) is 78.4 Å². The summed E-state index contributed by atoms with van der Waals surface area (Å²) >= 11 is 1.57. The van der Waals surface area contributed by atoms with E-state index in [4.69, 9.17) is 5.11 Å². The molecule has 1 aromatic carbocycles. The van der Waals surface area contributed by atoms with Crippen molar-refractivity contribution < 1.29 is 14.7 Å². The molecule has 0 saturated heterocycles. The first-order valence-corrected chi connectivity index (χ1v) is 7.64. The molecular weight excluding hydrogens is 276 g/mol. The minimum Gasteiger partial charge on any atom is -0.480 e. The van der Waals surface area contributed by atoms with E-state index in [1.165, 1.54) is 0 Å². The summed E-state index contributed by atoms with van der Waals surface area (Å²) in [5.41, 5.74) is 0.641. The van der Waals surface area contributed by atoms with Gasteiger partial charge in [-0.3, -0.25) is 0 Å². The Hall–Kier alpha value is -1.69. The number of benzene rings is 1. The third kappa shape index (κ3) is 4.77. The van der Waals surface area contributed by atoms with Gasteiger partial charge in [0.15, 0.2) is 0 Å². The van der Waals surface area contributed by atoms with Gasteiger partial charge in [-0.25, -0.2) is 9.59 Å². The molecule has 0 radical (unpaired) electrons. The number of anilines is 1. The van der Waals surface area contributed by atoms with Gasteiger partial charge >= 0.3 is 12.0 Å². The van der Waals surface area contributed by atoms with E-state index in [9.17, 15) is 9.59 Å². The van der Waals surface area contributed by atoms with Crippen molar-refractivity contribution in [3.05, 3.63) is 24.3 Å². The molecule has 0 aromatic heterocycles. The molecule has 2 atom stereocenters. The van der Waals surface area contributed by atoms with E-state index in [1.807, 2.05) is 31.4 Å². The summed E-state index contributed by atoms with van der Waals surface area (Å²) in [7, 11) is 0. The molecule has 0 aliphatic heterocycles. The van der Waals surface area contributed by atoms with Crippen molar-refractivity contribution in [2.24, 2.45) is 5.92 Å². The molecule has 0 saturated carbocycles. The summed E-state index contributed by atoms with van der Waals surface area (Å²) in [5, 5.41) is 14.3. The molecule has 0 spiro atoms. The number of nitrogens with one attached hydrogen (secondary N) is 2. The van der Waals surface area contributed by atoms with Crippen LogP contribution in [0.15, 0.2) is 29.2 Å². The lowest BCUT2D eigenvalue weighted by Crippen LogP contribution is -2.46. The quantitative estimate of drug-likeness (QED) is 0.705. The van der Waals surface area contributed by atoms with Crippen LogP contribution >= 0.6 is 11.8 Å². The number of amides is 2. The molecule has 5 nitrogen and oxygen atoms in total. The highest BCUT2D eigenvalue weighted by atomic mass is 32.2. The highest BCUT2D eigenvalue weighted by Gasteiger charge is 2.25. The molecule has 1 rings (SSSR count). The van der Waals surface area contributed by atoms with Crippen LogP contribution in [-0.2, 0) is 4.79 Å². The van der Waals surface area contributed by atoms with E-state index in [2.05, 4.69) is 10.6 Å². The minimum absolute atomic E-state index is 0.129. The zero-order valence-corrected chi connectivity index (χ0v) is 12.7. The third-order valence-electron chi connectivity index (χ3n) is 3.09. The zero-order chi connectivity index (χ0) is 15.1. The molecule has 0 aliphatic rings.